The molecule has 0 atom stereocenters. The highest BCUT2D eigenvalue weighted by molar-refractivity contribution is 6.06. The van der Waals surface area contributed by atoms with E-state index in [0.29, 0.717) is 41.3 Å². The van der Waals surface area contributed by atoms with E-state index in [-0.39, 0.29) is 17.6 Å². The monoisotopic (exact) mass is 507 g/mol. The second-order valence-electron chi connectivity index (χ2n) is 8.49. The van der Waals surface area contributed by atoms with Crippen LogP contribution < -0.4 is 20.1 Å². The van der Waals surface area contributed by atoms with Crippen molar-refractivity contribution in [2.45, 2.75) is 19.3 Å². The molecule has 194 valence electrons. The Bertz CT molecular complexity index is 1300. The first kappa shape index (κ1) is 25.7. The minimum Gasteiger partial charge on any atom is -0.494 e. The lowest BCUT2D eigenvalue weighted by atomic mass is 10.0. The maximum absolute atomic E-state index is 14.2. The molecule has 5 rings (SSSR count). The number of pyridine rings is 1. The van der Waals surface area contributed by atoms with Gasteiger partial charge in [0.2, 0.25) is 5.91 Å². The van der Waals surface area contributed by atoms with E-state index < -0.39 is 5.82 Å². The van der Waals surface area contributed by atoms with Crippen LogP contribution in [0.25, 0.3) is 11.3 Å². The van der Waals surface area contributed by atoms with Crippen molar-refractivity contribution in [3.8, 4) is 22.8 Å². The van der Waals surface area contributed by atoms with Gasteiger partial charge in [0.1, 0.15) is 5.75 Å². The first-order chi connectivity index (χ1) is 18.0. The number of hydrogen-bond donors (Lipinski definition) is 3. The lowest BCUT2D eigenvalue weighted by Crippen LogP contribution is -2.31. The SMILES string of the molecule is C=CC(=O)N1CCCC1.COc1cnccc1-c1[nH]c2c(c1Nc1cccc(F)c1OC)C(=O)NCC2. The fraction of sp³-hybridized carbons (Fsp3) is 0.296. The number of fused-ring (bicyclic) bond motifs is 1. The van der Waals surface area contributed by atoms with Crippen LogP contribution in [0, 0.1) is 5.82 Å². The van der Waals surface area contributed by atoms with Crippen molar-refractivity contribution in [1.29, 1.82) is 0 Å². The summed E-state index contributed by atoms with van der Waals surface area (Å²) in [4.78, 5) is 32.7. The molecule has 4 heterocycles. The van der Waals surface area contributed by atoms with Crippen molar-refractivity contribution < 1.29 is 23.5 Å². The molecule has 1 saturated heterocycles. The van der Waals surface area contributed by atoms with E-state index in [1.54, 1.807) is 37.7 Å². The van der Waals surface area contributed by atoms with Crippen LogP contribution in [0.15, 0.2) is 49.3 Å². The smallest absolute Gasteiger partial charge is 0.255 e. The van der Waals surface area contributed by atoms with E-state index in [0.717, 1.165) is 37.2 Å². The van der Waals surface area contributed by atoms with E-state index in [4.69, 9.17) is 9.47 Å². The molecular weight excluding hydrogens is 477 g/mol. The fourth-order valence-corrected chi connectivity index (χ4v) is 4.47. The van der Waals surface area contributed by atoms with Crippen LogP contribution in [-0.2, 0) is 11.2 Å². The van der Waals surface area contributed by atoms with Crippen molar-refractivity contribution in [2.24, 2.45) is 0 Å². The predicted octanol–water partition coefficient (Wildman–Crippen LogP) is 4.06. The number of halogens is 1. The van der Waals surface area contributed by atoms with Gasteiger partial charge in [0.25, 0.3) is 5.91 Å². The zero-order valence-electron chi connectivity index (χ0n) is 20.9. The second kappa shape index (κ2) is 11.6. The fourth-order valence-electron chi connectivity index (χ4n) is 4.47. The Kier molecular flexibility index (Phi) is 8.07. The van der Waals surface area contributed by atoms with Crippen molar-refractivity contribution in [3.05, 3.63) is 66.4 Å². The highest BCUT2D eigenvalue weighted by Crippen LogP contribution is 2.41. The summed E-state index contributed by atoms with van der Waals surface area (Å²) in [5, 5.41) is 6.04. The number of likely N-dealkylation sites (tertiary alicyclic amines) is 1. The molecule has 0 spiro atoms. The Hall–Kier alpha value is -4.34. The largest absolute Gasteiger partial charge is 0.494 e. The Morgan fingerprint density at radius 2 is 2.00 bits per heavy atom. The third-order valence-corrected chi connectivity index (χ3v) is 6.26. The average molecular weight is 508 g/mol. The van der Waals surface area contributed by atoms with Crippen molar-refractivity contribution >= 4 is 23.2 Å². The molecule has 2 aromatic heterocycles. The number of benzene rings is 1. The Balaban J connectivity index is 0.000000301. The zero-order chi connectivity index (χ0) is 26.4. The predicted molar refractivity (Wildman–Crippen MR) is 139 cm³/mol. The molecule has 0 aliphatic carbocycles. The van der Waals surface area contributed by atoms with E-state index in [2.05, 4.69) is 27.2 Å². The molecule has 2 aliphatic rings. The van der Waals surface area contributed by atoms with Gasteiger partial charge >= 0.3 is 0 Å². The molecule has 0 saturated carbocycles. The Morgan fingerprint density at radius 3 is 2.70 bits per heavy atom. The molecule has 9 nitrogen and oxygen atoms in total. The van der Waals surface area contributed by atoms with Crippen LogP contribution in [0.3, 0.4) is 0 Å². The Morgan fingerprint density at radius 1 is 1.22 bits per heavy atom. The highest BCUT2D eigenvalue weighted by atomic mass is 19.1. The zero-order valence-corrected chi connectivity index (χ0v) is 20.9. The van der Waals surface area contributed by atoms with Gasteiger partial charge in [0, 0.05) is 43.5 Å². The summed E-state index contributed by atoms with van der Waals surface area (Å²) in [7, 11) is 2.95. The quantitative estimate of drug-likeness (QED) is 0.435. The van der Waals surface area contributed by atoms with E-state index in [9.17, 15) is 14.0 Å². The highest BCUT2D eigenvalue weighted by Gasteiger charge is 2.28. The number of anilines is 2. The number of methoxy groups -OCH3 is 2. The summed E-state index contributed by atoms with van der Waals surface area (Å²) in [6.07, 6.45) is 7.58. The van der Waals surface area contributed by atoms with Crippen LogP contribution in [0.2, 0.25) is 0 Å². The van der Waals surface area contributed by atoms with Gasteiger partial charge in [0.05, 0.1) is 43.0 Å². The summed E-state index contributed by atoms with van der Waals surface area (Å²) in [5.41, 5.74) is 3.63. The number of amides is 2. The molecular formula is C27H30FN5O4. The summed E-state index contributed by atoms with van der Waals surface area (Å²) < 4.78 is 24.8. The minimum absolute atomic E-state index is 0.0707. The lowest BCUT2D eigenvalue weighted by Gasteiger charge is -2.17. The second-order valence-corrected chi connectivity index (χ2v) is 8.49. The number of nitrogens with zero attached hydrogens (tertiary/aromatic N) is 2. The van der Waals surface area contributed by atoms with Gasteiger partial charge < -0.3 is 30.0 Å². The molecule has 1 aromatic carbocycles. The first-order valence-corrected chi connectivity index (χ1v) is 12.0. The molecule has 0 bridgehead atoms. The van der Waals surface area contributed by atoms with Gasteiger partial charge in [-0.2, -0.15) is 0 Å². The lowest BCUT2D eigenvalue weighted by molar-refractivity contribution is -0.124. The van der Waals surface area contributed by atoms with Crippen molar-refractivity contribution in [1.82, 2.24) is 20.2 Å². The third kappa shape index (κ3) is 5.42. The van der Waals surface area contributed by atoms with Crippen molar-refractivity contribution in [3.63, 3.8) is 0 Å². The summed E-state index contributed by atoms with van der Waals surface area (Å²) >= 11 is 0. The van der Waals surface area contributed by atoms with E-state index in [1.807, 2.05) is 4.90 Å². The maximum atomic E-state index is 14.2. The summed E-state index contributed by atoms with van der Waals surface area (Å²) in [6.45, 7) is 5.80. The molecule has 2 aliphatic heterocycles. The molecule has 0 radical (unpaired) electrons. The number of hydrogen-bond acceptors (Lipinski definition) is 6. The van der Waals surface area contributed by atoms with Gasteiger partial charge in [-0.25, -0.2) is 4.39 Å². The number of aromatic nitrogens is 2. The summed E-state index contributed by atoms with van der Waals surface area (Å²) in [6, 6.07) is 6.37. The molecule has 2 amide bonds. The van der Waals surface area contributed by atoms with Crippen LogP contribution in [0.1, 0.15) is 28.9 Å². The molecule has 3 aromatic rings. The Labute approximate surface area is 214 Å². The van der Waals surface area contributed by atoms with Gasteiger partial charge in [-0.1, -0.05) is 12.6 Å². The number of ether oxygens (including phenoxy) is 2. The number of carbonyl (C=O) groups excluding carboxylic acids is 2. The first-order valence-electron chi connectivity index (χ1n) is 12.0. The molecule has 1 fully saturated rings. The average Bonchev–Trinajstić information content (AvgIpc) is 3.58. The number of aromatic amines is 1. The van der Waals surface area contributed by atoms with Gasteiger partial charge in [0.15, 0.2) is 11.6 Å². The van der Waals surface area contributed by atoms with E-state index >= 15 is 0 Å². The van der Waals surface area contributed by atoms with Crippen molar-refractivity contribution in [2.75, 3.05) is 39.2 Å². The van der Waals surface area contributed by atoms with Gasteiger partial charge in [-0.15, -0.1) is 0 Å². The van der Waals surface area contributed by atoms with Gasteiger partial charge in [-0.05, 0) is 37.1 Å². The maximum Gasteiger partial charge on any atom is 0.255 e. The topological polar surface area (TPSA) is 109 Å². The summed E-state index contributed by atoms with van der Waals surface area (Å²) in [5.74, 6) is 0.00335. The number of para-hydroxylation sites is 1. The van der Waals surface area contributed by atoms with Gasteiger partial charge in [-0.3, -0.25) is 14.6 Å². The number of carbonyl (C=O) groups is 2. The molecule has 10 heteroatoms. The molecule has 37 heavy (non-hydrogen) atoms. The normalized spacial score (nSPS) is 14.1. The standard InChI is InChI=1S/C20H19FN4O3.C7H11NO/c1-27-15-10-22-8-6-11(15)17-18(16-13(24-17)7-9-23-20(16)26)25-14-5-3-4-12(21)19(14)28-2;1-2-7(9)8-5-3-4-6-8/h3-6,8,10,24-25H,7,9H2,1-2H3,(H,23,26);2H,1,3-6H2. The van der Waals surface area contributed by atoms with Crippen LogP contribution >= 0.6 is 0 Å². The minimum atomic E-state index is -0.496. The molecule has 3 N–H and O–H groups in total. The number of H-pyrrole nitrogens is 1. The third-order valence-electron chi connectivity index (χ3n) is 6.26. The van der Waals surface area contributed by atoms with Crippen LogP contribution in [-0.4, -0.2) is 60.5 Å². The number of nitrogens with one attached hydrogen (secondary N) is 3. The number of rotatable bonds is 6. The molecule has 0 unspecified atom stereocenters. The van der Waals surface area contributed by atoms with E-state index in [1.165, 1.54) is 19.3 Å². The van der Waals surface area contributed by atoms with Crippen LogP contribution in [0.5, 0.6) is 11.5 Å². The van der Waals surface area contributed by atoms with Crippen LogP contribution in [0.4, 0.5) is 15.8 Å².